The Labute approximate surface area is 140 Å². The number of carbonyl (C=O) groups is 1. The molecule has 126 valence electrons. The number of fused-ring (bicyclic) bond motifs is 1. The molecule has 1 N–H and O–H groups in total. The third-order valence-corrected chi connectivity index (χ3v) is 4.91. The van der Waals surface area contributed by atoms with Crippen molar-refractivity contribution in [2.75, 3.05) is 32.8 Å². The highest BCUT2D eigenvalue weighted by molar-refractivity contribution is 6.30. The second-order valence-corrected chi connectivity index (χ2v) is 6.60. The standard InChI is InChI=1S/C16H22ClN3O3/c1-2-3-12-9-23-10-13-8-19(4-5-20(12)13)16(22)11-6-14(17)15(21)18-7-11/h6-7,12-13H,2-5,8-10H2,1H3,(H,18,21)/t12-,13+/m0/s1. The van der Waals surface area contributed by atoms with Crippen molar-refractivity contribution in [1.82, 2.24) is 14.8 Å². The molecule has 2 aliphatic heterocycles. The number of pyridine rings is 1. The Balaban J connectivity index is 1.70. The number of hydrogen-bond acceptors (Lipinski definition) is 4. The first kappa shape index (κ1) is 16.5. The van der Waals surface area contributed by atoms with E-state index in [9.17, 15) is 9.59 Å². The number of rotatable bonds is 3. The molecule has 0 unspecified atom stereocenters. The van der Waals surface area contributed by atoms with Crippen LogP contribution in [-0.4, -0.2) is 65.6 Å². The first-order valence-electron chi connectivity index (χ1n) is 8.11. The number of piperazine rings is 1. The van der Waals surface area contributed by atoms with E-state index >= 15 is 0 Å². The summed E-state index contributed by atoms with van der Waals surface area (Å²) in [6.07, 6.45) is 3.69. The minimum Gasteiger partial charge on any atom is -0.378 e. The van der Waals surface area contributed by atoms with Gasteiger partial charge in [-0.3, -0.25) is 14.5 Å². The van der Waals surface area contributed by atoms with Crippen LogP contribution in [0.25, 0.3) is 0 Å². The summed E-state index contributed by atoms with van der Waals surface area (Å²) in [5.74, 6) is -0.0968. The Morgan fingerprint density at radius 2 is 2.26 bits per heavy atom. The van der Waals surface area contributed by atoms with E-state index in [0.29, 0.717) is 31.3 Å². The lowest BCUT2D eigenvalue weighted by molar-refractivity contribution is -0.0776. The molecule has 0 saturated carbocycles. The average molecular weight is 340 g/mol. The van der Waals surface area contributed by atoms with Crippen molar-refractivity contribution < 1.29 is 9.53 Å². The maximum absolute atomic E-state index is 12.6. The summed E-state index contributed by atoms with van der Waals surface area (Å²) in [4.78, 5) is 30.8. The topological polar surface area (TPSA) is 65.6 Å². The predicted molar refractivity (Wildman–Crippen MR) is 88.0 cm³/mol. The number of morpholine rings is 1. The molecule has 2 aliphatic rings. The molecule has 0 spiro atoms. The fraction of sp³-hybridized carbons (Fsp3) is 0.625. The third-order valence-electron chi connectivity index (χ3n) is 4.63. The normalized spacial score (nSPS) is 25.2. The number of hydrogen-bond donors (Lipinski definition) is 1. The van der Waals surface area contributed by atoms with E-state index in [2.05, 4.69) is 16.8 Å². The predicted octanol–water partition coefficient (Wildman–Crippen LogP) is 1.35. The highest BCUT2D eigenvalue weighted by Crippen LogP contribution is 2.22. The van der Waals surface area contributed by atoms with Gasteiger partial charge < -0.3 is 14.6 Å². The Morgan fingerprint density at radius 1 is 1.43 bits per heavy atom. The molecule has 2 saturated heterocycles. The van der Waals surface area contributed by atoms with Crippen LogP contribution in [-0.2, 0) is 4.74 Å². The molecule has 2 atom stereocenters. The van der Waals surface area contributed by atoms with E-state index in [-0.39, 0.29) is 22.5 Å². The van der Waals surface area contributed by atoms with Gasteiger partial charge in [0.25, 0.3) is 11.5 Å². The number of aromatic nitrogens is 1. The lowest BCUT2D eigenvalue weighted by atomic mass is 10.0. The van der Waals surface area contributed by atoms with E-state index in [0.717, 1.165) is 26.0 Å². The van der Waals surface area contributed by atoms with Crippen LogP contribution in [0.2, 0.25) is 5.02 Å². The zero-order valence-corrected chi connectivity index (χ0v) is 14.0. The molecule has 0 aromatic carbocycles. The number of ether oxygens (including phenoxy) is 1. The van der Waals surface area contributed by atoms with Crippen LogP contribution in [0.5, 0.6) is 0 Å². The number of amides is 1. The molecule has 3 rings (SSSR count). The van der Waals surface area contributed by atoms with Crippen LogP contribution in [0.4, 0.5) is 0 Å². The van der Waals surface area contributed by atoms with Crippen LogP contribution in [0.3, 0.4) is 0 Å². The lowest BCUT2D eigenvalue weighted by Gasteiger charge is -2.48. The number of halogens is 1. The minimum atomic E-state index is -0.379. The molecule has 6 nitrogen and oxygen atoms in total. The molecular formula is C16H22ClN3O3. The second kappa shape index (κ2) is 7.03. The van der Waals surface area contributed by atoms with Gasteiger partial charge in [0, 0.05) is 31.9 Å². The molecule has 0 radical (unpaired) electrons. The fourth-order valence-electron chi connectivity index (χ4n) is 3.46. The van der Waals surface area contributed by atoms with Crippen molar-refractivity contribution in [2.24, 2.45) is 0 Å². The molecular weight excluding hydrogens is 318 g/mol. The van der Waals surface area contributed by atoms with Gasteiger partial charge in [-0.25, -0.2) is 0 Å². The van der Waals surface area contributed by atoms with E-state index in [4.69, 9.17) is 16.3 Å². The minimum absolute atomic E-state index is 0.0403. The summed E-state index contributed by atoms with van der Waals surface area (Å²) in [7, 11) is 0. The molecule has 23 heavy (non-hydrogen) atoms. The number of nitrogens with zero attached hydrogens (tertiary/aromatic N) is 2. The van der Waals surface area contributed by atoms with Gasteiger partial charge in [-0.1, -0.05) is 24.9 Å². The third kappa shape index (κ3) is 3.44. The quantitative estimate of drug-likeness (QED) is 0.903. The van der Waals surface area contributed by atoms with Crippen LogP contribution in [0.15, 0.2) is 17.1 Å². The van der Waals surface area contributed by atoms with Gasteiger partial charge in [-0.05, 0) is 12.5 Å². The van der Waals surface area contributed by atoms with Gasteiger partial charge in [0.15, 0.2) is 0 Å². The maximum atomic E-state index is 12.6. The maximum Gasteiger partial charge on any atom is 0.266 e. The Morgan fingerprint density at radius 3 is 3.00 bits per heavy atom. The molecule has 2 fully saturated rings. The Kier molecular flexibility index (Phi) is 5.04. The molecule has 0 bridgehead atoms. The highest BCUT2D eigenvalue weighted by Gasteiger charge is 2.36. The molecule has 1 aromatic rings. The van der Waals surface area contributed by atoms with E-state index in [1.807, 2.05) is 4.90 Å². The summed E-state index contributed by atoms with van der Waals surface area (Å²) >= 11 is 5.82. The van der Waals surface area contributed by atoms with E-state index in [1.54, 1.807) is 0 Å². The van der Waals surface area contributed by atoms with Crippen molar-refractivity contribution in [2.45, 2.75) is 31.8 Å². The largest absolute Gasteiger partial charge is 0.378 e. The van der Waals surface area contributed by atoms with E-state index in [1.165, 1.54) is 12.3 Å². The fourth-order valence-corrected chi connectivity index (χ4v) is 3.64. The highest BCUT2D eigenvalue weighted by atomic mass is 35.5. The number of aromatic amines is 1. The van der Waals surface area contributed by atoms with Crippen LogP contribution < -0.4 is 5.56 Å². The molecule has 1 aromatic heterocycles. The Hall–Kier alpha value is -1.37. The Bertz CT molecular complexity index is 631. The molecule has 1 amide bonds. The zero-order chi connectivity index (χ0) is 16.4. The number of carbonyl (C=O) groups excluding carboxylic acids is 1. The van der Waals surface area contributed by atoms with Gasteiger partial charge in [-0.2, -0.15) is 0 Å². The van der Waals surface area contributed by atoms with Crippen molar-refractivity contribution in [3.05, 3.63) is 33.2 Å². The van der Waals surface area contributed by atoms with Crippen molar-refractivity contribution in [3.63, 3.8) is 0 Å². The summed E-state index contributed by atoms with van der Waals surface area (Å²) in [5, 5.41) is 0.0403. The van der Waals surface area contributed by atoms with Gasteiger partial charge in [0.2, 0.25) is 0 Å². The first-order valence-corrected chi connectivity index (χ1v) is 8.49. The number of nitrogens with one attached hydrogen (secondary N) is 1. The van der Waals surface area contributed by atoms with E-state index < -0.39 is 0 Å². The monoisotopic (exact) mass is 339 g/mol. The van der Waals surface area contributed by atoms with Crippen LogP contribution in [0.1, 0.15) is 30.1 Å². The second-order valence-electron chi connectivity index (χ2n) is 6.19. The van der Waals surface area contributed by atoms with Gasteiger partial charge in [0.1, 0.15) is 5.02 Å². The molecule has 7 heteroatoms. The van der Waals surface area contributed by atoms with Crippen LogP contribution in [0, 0.1) is 0 Å². The molecule has 3 heterocycles. The summed E-state index contributed by atoms with van der Waals surface area (Å²) in [6.45, 7) is 5.83. The van der Waals surface area contributed by atoms with Gasteiger partial charge >= 0.3 is 0 Å². The van der Waals surface area contributed by atoms with Gasteiger partial charge in [0.05, 0.1) is 24.8 Å². The summed E-state index contributed by atoms with van der Waals surface area (Å²) < 4.78 is 5.72. The van der Waals surface area contributed by atoms with Crippen molar-refractivity contribution in [1.29, 1.82) is 0 Å². The summed E-state index contributed by atoms with van der Waals surface area (Å²) in [5.41, 5.74) is 0.0426. The van der Waals surface area contributed by atoms with Gasteiger partial charge in [-0.15, -0.1) is 0 Å². The molecule has 0 aliphatic carbocycles. The smallest absolute Gasteiger partial charge is 0.266 e. The van der Waals surface area contributed by atoms with Crippen LogP contribution >= 0.6 is 11.6 Å². The lowest BCUT2D eigenvalue weighted by Crippen LogP contribution is -2.62. The first-order chi connectivity index (χ1) is 11.1. The summed E-state index contributed by atoms with van der Waals surface area (Å²) in [6, 6.07) is 2.14. The number of H-pyrrole nitrogens is 1. The van der Waals surface area contributed by atoms with Crippen molar-refractivity contribution in [3.8, 4) is 0 Å². The average Bonchev–Trinajstić information content (AvgIpc) is 2.57. The SMILES string of the molecule is CCC[C@H]1COC[C@H]2CN(C(=O)c3c[nH]c(=O)c(Cl)c3)CCN12. The zero-order valence-electron chi connectivity index (χ0n) is 13.3. The van der Waals surface area contributed by atoms with Crippen molar-refractivity contribution >= 4 is 17.5 Å².